The van der Waals surface area contributed by atoms with Gasteiger partial charge in [0.1, 0.15) is 5.82 Å². The van der Waals surface area contributed by atoms with E-state index in [4.69, 9.17) is 16.7 Å². The third kappa shape index (κ3) is 4.05. The van der Waals surface area contributed by atoms with Gasteiger partial charge in [0.05, 0.1) is 16.3 Å². The minimum atomic E-state index is -3.32. The number of carbonyl (C=O) groups is 1. The van der Waals surface area contributed by atoms with Crippen molar-refractivity contribution in [3.63, 3.8) is 0 Å². The first kappa shape index (κ1) is 15.7. The second kappa shape index (κ2) is 6.18. The number of nitrogens with one attached hydrogen (secondary N) is 1. The van der Waals surface area contributed by atoms with E-state index in [2.05, 4.69) is 10.3 Å². The molecule has 0 aliphatic carbocycles. The summed E-state index contributed by atoms with van der Waals surface area (Å²) in [6.45, 7) is 0.0797. The average molecular weight is 308 g/mol. The van der Waals surface area contributed by atoms with Crippen LogP contribution in [0.1, 0.15) is 10.4 Å². The van der Waals surface area contributed by atoms with Gasteiger partial charge in [0.2, 0.25) is 10.0 Å². The van der Waals surface area contributed by atoms with Crippen molar-refractivity contribution in [3.8, 4) is 0 Å². The molecule has 2 N–H and O–H groups in total. The molecule has 1 rings (SSSR count). The van der Waals surface area contributed by atoms with Crippen molar-refractivity contribution in [3.05, 3.63) is 22.8 Å². The van der Waals surface area contributed by atoms with Crippen LogP contribution in [0.2, 0.25) is 5.02 Å². The quantitative estimate of drug-likeness (QED) is 0.804. The van der Waals surface area contributed by atoms with Crippen molar-refractivity contribution in [2.24, 2.45) is 0 Å². The number of hydrogen-bond acceptors (Lipinski definition) is 5. The van der Waals surface area contributed by atoms with Gasteiger partial charge in [-0.3, -0.25) is 0 Å². The Bertz CT molecular complexity index is 574. The van der Waals surface area contributed by atoms with Crippen molar-refractivity contribution in [1.82, 2.24) is 9.29 Å². The molecule has 19 heavy (non-hydrogen) atoms. The predicted octanol–water partition coefficient (Wildman–Crippen LogP) is 0.736. The summed E-state index contributed by atoms with van der Waals surface area (Å²) >= 11 is 5.85. The van der Waals surface area contributed by atoms with Gasteiger partial charge in [-0.1, -0.05) is 11.6 Å². The lowest BCUT2D eigenvalue weighted by Gasteiger charge is -2.12. The lowest BCUT2D eigenvalue weighted by Crippen LogP contribution is -2.28. The zero-order valence-electron chi connectivity index (χ0n) is 10.4. The molecule has 7 nitrogen and oxygen atoms in total. The third-order valence-corrected chi connectivity index (χ3v) is 4.54. The van der Waals surface area contributed by atoms with Gasteiger partial charge < -0.3 is 10.4 Å². The Balaban J connectivity index is 2.75. The summed E-state index contributed by atoms with van der Waals surface area (Å²) < 4.78 is 24.1. The molecule has 0 fully saturated rings. The van der Waals surface area contributed by atoms with Crippen LogP contribution in [0.25, 0.3) is 0 Å². The van der Waals surface area contributed by atoms with Crippen LogP contribution in [0.15, 0.2) is 12.3 Å². The van der Waals surface area contributed by atoms with Crippen LogP contribution < -0.4 is 5.32 Å². The maximum absolute atomic E-state index is 11.5. The number of carboxylic acid groups (broad SMARTS) is 1. The number of nitrogens with zero attached hydrogens (tertiary/aromatic N) is 2. The second-order valence-electron chi connectivity index (χ2n) is 3.85. The number of carboxylic acids is 1. The molecule has 1 aromatic rings. The van der Waals surface area contributed by atoms with Gasteiger partial charge >= 0.3 is 5.97 Å². The first-order valence-corrected chi connectivity index (χ1v) is 7.26. The topological polar surface area (TPSA) is 99.6 Å². The number of aromatic nitrogens is 1. The Labute approximate surface area is 116 Å². The second-order valence-corrected chi connectivity index (χ2v) is 6.53. The van der Waals surface area contributed by atoms with E-state index in [1.807, 2.05) is 0 Å². The van der Waals surface area contributed by atoms with E-state index < -0.39 is 16.0 Å². The lowest BCUT2D eigenvalue weighted by atomic mass is 10.2. The number of anilines is 1. The highest BCUT2D eigenvalue weighted by molar-refractivity contribution is 7.89. The molecule has 0 aromatic carbocycles. The van der Waals surface area contributed by atoms with E-state index in [0.717, 1.165) is 4.31 Å². The highest BCUT2D eigenvalue weighted by atomic mass is 35.5. The van der Waals surface area contributed by atoms with Gasteiger partial charge in [-0.2, -0.15) is 0 Å². The summed E-state index contributed by atoms with van der Waals surface area (Å²) in [6.07, 6.45) is 1.29. The molecule has 0 aliphatic heterocycles. The number of hydrogen-bond donors (Lipinski definition) is 2. The molecule has 106 valence electrons. The molecule has 0 atom stereocenters. The van der Waals surface area contributed by atoms with E-state index in [-0.39, 0.29) is 28.7 Å². The molecule has 0 amide bonds. The molecule has 0 saturated carbocycles. The summed E-state index contributed by atoms with van der Waals surface area (Å²) in [5.74, 6) is -1.16. The third-order valence-electron chi connectivity index (χ3n) is 2.33. The molecular weight excluding hydrogens is 294 g/mol. The van der Waals surface area contributed by atoms with E-state index in [0.29, 0.717) is 0 Å². The molecule has 1 aromatic heterocycles. The summed E-state index contributed by atoms with van der Waals surface area (Å²) in [5.41, 5.74) is -0.0883. The van der Waals surface area contributed by atoms with Crippen LogP contribution in [0.3, 0.4) is 0 Å². The molecular formula is C10H14ClN3O4S. The van der Waals surface area contributed by atoms with Gasteiger partial charge in [0.25, 0.3) is 0 Å². The molecule has 9 heteroatoms. The summed E-state index contributed by atoms with van der Waals surface area (Å²) in [6, 6.07) is 1.27. The SMILES string of the molecule is CN(C)S(=O)(=O)CCNc1nccc(C(=O)O)c1Cl. The van der Waals surface area contributed by atoms with E-state index in [1.54, 1.807) is 0 Å². The van der Waals surface area contributed by atoms with E-state index in [1.165, 1.54) is 26.4 Å². The van der Waals surface area contributed by atoms with Crippen LogP contribution in [0.4, 0.5) is 5.82 Å². The normalized spacial score (nSPS) is 11.6. The maximum Gasteiger partial charge on any atom is 0.337 e. The number of halogens is 1. The zero-order chi connectivity index (χ0) is 14.6. The van der Waals surface area contributed by atoms with Crippen LogP contribution in [0.5, 0.6) is 0 Å². The minimum Gasteiger partial charge on any atom is -0.478 e. The molecule has 0 aliphatic rings. The standard InChI is InChI=1S/C10H14ClN3O4S/c1-14(2)19(17,18)6-5-13-9-8(11)7(10(15)16)3-4-12-9/h3-4H,5-6H2,1-2H3,(H,12,13)(H,15,16). The van der Waals surface area contributed by atoms with Gasteiger partial charge in [-0.25, -0.2) is 22.5 Å². The van der Waals surface area contributed by atoms with Crippen LogP contribution >= 0.6 is 11.6 Å². The largest absolute Gasteiger partial charge is 0.478 e. The van der Waals surface area contributed by atoms with Crippen LogP contribution in [-0.2, 0) is 10.0 Å². The fourth-order valence-electron chi connectivity index (χ4n) is 1.21. The number of pyridine rings is 1. The maximum atomic E-state index is 11.5. The average Bonchev–Trinajstić information content (AvgIpc) is 2.30. The van der Waals surface area contributed by atoms with E-state index in [9.17, 15) is 13.2 Å². The van der Waals surface area contributed by atoms with Crippen molar-refractivity contribution in [1.29, 1.82) is 0 Å². The van der Waals surface area contributed by atoms with Crippen LogP contribution in [-0.4, -0.2) is 55.2 Å². The highest BCUT2D eigenvalue weighted by Gasteiger charge is 2.15. The Hall–Kier alpha value is -1.38. The number of rotatable bonds is 6. The molecule has 1 heterocycles. The van der Waals surface area contributed by atoms with Gasteiger partial charge in [-0.05, 0) is 6.07 Å². The molecule has 0 saturated heterocycles. The first-order valence-electron chi connectivity index (χ1n) is 5.27. The van der Waals surface area contributed by atoms with Crippen molar-refractivity contribution >= 4 is 33.4 Å². The van der Waals surface area contributed by atoms with Gasteiger partial charge in [0, 0.05) is 26.8 Å². The smallest absolute Gasteiger partial charge is 0.337 e. The zero-order valence-corrected chi connectivity index (χ0v) is 12.0. The Kier molecular flexibility index (Phi) is 5.10. The number of aromatic carboxylic acids is 1. The molecule has 0 unspecified atom stereocenters. The summed E-state index contributed by atoms with van der Waals surface area (Å²) in [7, 11) is -0.452. The molecule has 0 bridgehead atoms. The summed E-state index contributed by atoms with van der Waals surface area (Å²) in [4.78, 5) is 14.7. The van der Waals surface area contributed by atoms with Gasteiger partial charge in [-0.15, -0.1) is 0 Å². The highest BCUT2D eigenvalue weighted by Crippen LogP contribution is 2.23. The Morgan fingerprint density at radius 1 is 1.53 bits per heavy atom. The van der Waals surface area contributed by atoms with Crippen molar-refractivity contribution < 1.29 is 18.3 Å². The lowest BCUT2D eigenvalue weighted by molar-refractivity contribution is 0.0697. The Morgan fingerprint density at radius 2 is 2.16 bits per heavy atom. The summed E-state index contributed by atoms with van der Waals surface area (Å²) in [5, 5.41) is 11.5. The fourth-order valence-corrected chi connectivity index (χ4v) is 2.20. The fraction of sp³-hybridized carbons (Fsp3) is 0.400. The van der Waals surface area contributed by atoms with Crippen LogP contribution in [0, 0.1) is 0 Å². The molecule has 0 radical (unpaired) electrons. The minimum absolute atomic E-state index is 0.0442. The first-order chi connectivity index (χ1) is 8.75. The predicted molar refractivity (Wildman–Crippen MR) is 72.2 cm³/mol. The van der Waals surface area contributed by atoms with Crippen molar-refractivity contribution in [2.45, 2.75) is 0 Å². The van der Waals surface area contributed by atoms with Crippen molar-refractivity contribution in [2.75, 3.05) is 31.7 Å². The van der Waals surface area contributed by atoms with Gasteiger partial charge in [0.15, 0.2) is 0 Å². The Morgan fingerprint density at radius 3 is 2.68 bits per heavy atom. The monoisotopic (exact) mass is 307 g/mol. The van der Waals surface area contributed by atoms with E-state index >= 15 is 0 Å². The number of sulfonamides is 1. The molecule has 0 spiro atoms.